The van der Waals surface area contributed by atoms with Crippen LogP contribution in [0.3, 0.4) is 0 Å². The first-order valence-electron chi connectivity index (χ1n) is 7.45. The summed E-state index contributed by atoms with van der Waals surface area (Å²) < 4.78 is 0. The monoisotopic (exact) mass is 254 g/mol. The van der Waals surface area contributed by atoms with Gasteiger partial charge in [-0.3, -0.25) is 4.79 Å². The third kappa shape index (κ3) is 5.38. The Labute approximate surface area is 112 Å². The number of nitrogens with zero attached hydrogens (tertiary/aromatic N) is 1. The highest BCUT2D eigenvalue weighted by atomic mass is 16.2. The maximum absolute atomic E-state index is 12.1. The highest BCUT2D eigenvalue weighted by Crippen LogP contribution is 2.23. The molecule has 2 unspecified atom stereocenters. The molecule has 1 N–H and O–H groups in total. The third-order valence-electron chi connectivity index (χ3n) is 4.10. The van der Waals surface area contributed by atoms with Gasteiger partial charge in [0.05, 0.1) is 0 Å². The minimum atomic E-state index is 0.314. The zero-order valence-electron chi connectivity index (χ0n) is 12.5. The van der Waals surface area contributed by atoms with E-state index < -0.39 is 0 Å². The summed E-state index contributed by atoms with van der Waals surface area (Å²) in [5, 5.41) is 3.43. The van der Waals surface area contributed by atoms with Gasteiger partial charge in [0.25, 0.3) is 0 Å². The van der Waals surface area contributed by atoms with Gasteiger partial charge in [-0.1, -0.05) is 20.8 Å². The number of hydrogen-bond acceptors (Lipinski definition) is 2. The van der Waals surface area contributed by atoms with E-state index in [9.17, 15) is 4.79 Å². The summed E-state index contributed by atoms with van der Waals surface area (Å²) in [6.07, 6.45) is 4.34. The Balaban J connectivity index is 2.29. The molecule has 1 fully saturated rings. The van der Waals surface area contributed by atoms with Crippen LogP contribution >= 0.6 is 0 Å². The molecule has 3 nitrogen and oxygen atoms in total. The van der Waals surface area contributed by atoms with Crippen LogP contribution in [0.1, 0.15) is 46.5 Å². The fourth-order valence-corrected chi connectivity index (χ4v) is 2.54. The molecule has 1 heterocycles. The first-order valence-corrected chi connectivity index (χ1v) is 7.45. The highest BCUT2D eigenvalue weighted by Gasteiger charge is 2.23. The van der Waals surface area contributed by atoms with E-state index in [4.69, 9.17) is 0 Å². The van der Waals surface area contributed by atoms with E-state index in [-0.39, 0.29) is 0 Å². The van der Waals surface area contributed by atoms with Crippen molar-refractivity contribution in [3.05, 3.63) is 0 Å². The topological polar surface area (TPSA) is 32.3 Å². The van der Waals surface area contributed by atoms with Gasteiger partial charge in [0.1, 0.15) is 0 Å². The number of rotatable bonds is 6. The van der Waals surface area contributed by atoms with Crippen molar-refractivity contribution in [1.29, 1.82) is 0 Å². The summed E-state index contributed by atoms with van der Waals surface area (Å²) >= 11 is 0. The van der Waals surface area contributed by atoms with Gasteiger partial charge in [-0.15, -0.1) is 0 Å². The summed E-state index contributed by atoms with van der Waals surface area (Å²) in [7, 11) is 1.94. The number of amides is 1. The standard InChI is InChI=1S/C15H30N2O/c1-12(2)7-9-17(4)15(18)10-13(3)14-6-5-8-16-11-14/h12-14,16H,5-11H2,1-4H3. The molecule has 0 radical (unpaired) electrons. The van der Waals surface area contributed by atoms with E-state index >= 15 is 0 Å². The molecule has 0 bridgehead atoms. The number of piperidine rings is 1. The lowest BCUT2D eigenvalue weighted by molar-refractivity contribution is -0.131. The summed E-state index contributed by atoms with van der Waals surface area (Å²) in [4.78, 5) is 14.0. The minimum Gasteiger partial charge on any atom is -0.346 e. The Morgan fingerprint density at radius 2 is 2.11 bits per heavy atom. The number of carbonyl (C=O) groups is 1. The molecule has 0 saturated carbocycles. The van der Waals surface area contributed by atoms with Gasteiger partial charge in [0, 0.05) is 20.0 Å². The van der Waals surface area contributed by atoms with Gasteiger partial charge in [-0.25, -0.2) is 0 Å². The third-order valence-corrected chi connectivity index (χ3v) is 4.10. The maximum Gasteiger partial charge on any atom is 0.222 e. The van der Waals surface area contributed by atoms with E-state index in [1.165, 1.54) is 12.8 Å². The quantitative estimate of drug-likeness (QED) is 0.790. The van der Waals surface area contributed by atoms with Gasteiger partial charge in [-0.05, 0) is 50.1 Å². The SMILES string of the molecule is CC(C)CCN(C)C(=O)CC(C)C1CCCNC1. The van der Waals surface area contributed by atoms with Crippen molar-refractivity contribution in [3.8, 4) is 0 Å². The molecule has 0 aromatic carbocycles. The summed E-state index contributed by atoms with van der Waals surface area (Å²) in [5.74, 6) is 2.17. The maximum atomic E-state index is 12.1. The van der Waals surface area contributed by atoms with Crippen LogP contribution in [0.5, 0.6) is 0 Å². The molecule has 0 aromatic rings. The molecule has 1 saturated heterocycles. The zero-order valence-corrected chi connectivity index (χ0v) is 12.5. The van der Waals surface area contributed by atoms with Crippen LogP contribution < -0.4 is 5.32 Å². The Kier molecular flexibility index (Phi) is 6.69. The van der Waals surface area contributed by atoms with E-state index in [0.717, 1.165) is 26.1 Å². The second-order valence-electron chi connectivity index (χ2n) is 6.29. The number of nitrogens with one attached hydrogen (secondary N) is 1. The molecule has 2 atom stereocenters. The average molecular weight is 254 g/mol. The van der Waals surface area contributed by atoms with Crippen molar-refractivity contribution in [2.75, 3.05) is 26.7 Å². The second kappa shape index (κ2) is 7.78. The van der Waals surface area contributed by atoms with Crippen molar-refractivity contribution in [3.63, 3.8) is 0 Å². The first kappa shape index (κ1) is 15.5. The molecule has 1 aliphatic rings. The van der Waals surface area contributed by atoms with Crippen molar-refractivity contribution in [1.82, 2.24) is 10.2 Å². The highest BCUT2D eigenvalue weighted by molar-refractivity contribution is 5.76. The van der Waals surface area contributed by atoms with E-state index in [2.05, 4.69) is 26.1 Å². The molecule has 1 rings (SSSR count). The largest absolute Gasteiger partial charge is 0.346 e. The van der Waals surface area contributed by atoms with Crippen molar-refractivity contribution in [2.45, 2.75) is 46.5 Å². The van der Waals surface area contributed by atoms with Crippen LogP contribution in [0, 0.1) is 17.8 Å². The second-order valence-corrected chi connectivity index (χ2v) is 6.29. The molecule has 0 aliphatic carbocycles. The van der Waals surface area contributed by atoms with Gasteiger partial charge in [0.15, 0.2) is 0 Å². The molecular weight excluding hydrogens is 224 g/mol. The Morgan fingerprint density at radius 3 is 2.67 bits per heavy atom. The summed E-state index contributed by atoms with van der Waals surface area (Å²) in [5.41, 5.74) is 0. The Hall–Kier alpha value is -0.570. The zero-order chi connectivity index (χ0) is 13.5. The smallest absolute Gasteiger partial charge is 0.222 e. The van der Waals surface area contributed by atoms with Crippen molar-refractivity contribution < 1.29 is 4.79 Å². The van der Waals surface area contributed by atoms with Gasteiger partial charge < -0.3 is 10.2 Å². The van der Waals surface area contributed by atoms with Crippen molar-refractivity contribution in [2.24, 2.45) is 17.8 Å². The van der Waals surface area contributed by atoms with Crippen LogP contribution in [0.4, 0.5) is 0 Å². The Morgan fingerprint density at radius 1 is 1.39 bits per heavy atom. The molecule has 1 amide bonds. The van der Waals surface area contributed by atoms with Crippen LogP contribution in [0.25, 0.3) is 0 Å². The molecular formula is C15H30N2O. The molecule has 0 spiro atoms. The normalized spacial score (nSPS) is 21.9. The molecule has 0 aromatic heterocycles. The predicted molar refractivity (Wildman–Crippen MR) is 76.5 cm³/mol. The van der Waals surface area contributed by atoms with Crippen LogP contribution in [-0.4, -0.2) is 37.5 Å². The lowest BCUT2D eigenvalue weighted by Crippen LogP contribution is -2.36. The van der Waals surface area contributed by atoms with E-state index in [0.29, 0.717) is 30.1 Å². The molecule has 106 valence electrons. The molecule has 18 heavy (non-hydrogen) atoms. The van der Waals surface area contributed by atoms with Gasteiger partial charge >= 0.3 is 0 Å². The fraction of sp³-hybridized carbons (Fsp3) is 0.933. The number of hydrogen-bond donors (Lipinski definition) is 1. The summed E-state index contributed by atoms with van der Waals surface area (Å²) in [6, 6.07) is 0. The lowest BCUT2D eigenvalue weighted by atomic mass is 9.85. The average Bonchev–Trinajstić information content (AvgIpc) is 2.36. The predicted octanol–water partition coefficient (Wildman–Crippen LogP) is 2.52. The van der Waals surface area contributed by atoms with Gasteiger partial charge in [0.2, 0.25) is 5.91 Å². The van der Waals surface area contributed by atoms with E-state index in [1.807, 2.05) is 11.9 Å². The summed E-state index contributed by atoms with van der Waals surface area (Å²) in [6.45, 7) is 9.76. The van der Waals surface area contributed by atoms with Crippen LogP contribution in [0.2, 0.25) is 0 Å². The lowest BCUT2D eigenvalue weighted by Gasteiger charge is -2.29. The van der Waals surface area contributed by atoms with Crippen LogP contribution in [0.15, 0.2) is 0 Å². The first-order chi connectivity index (χ1) is 8.50. The van der Waals surface area contributed by atoms with Crippen LogP contribution in [-0.2, 0) is 4.79 Å². The van der Waals surface area contributed by atoms with E-state index in [1.54, 1.807) is 0 Å². The fourth-order valence-electron chi connectivity index (χ4n) is 2.54. The van der Waals surface area contributed by atoms with Crippen molar-refractivity contribution >= 4 is 5.91 Å². The molecule has 3 heteroatoms. The Bertz CT molecular complexity index is 247. The minimum absolute atomic E-state index is 0.314. The number of carbonyl (C=O) groups excluding carboxylic acids is 1. The van der Waals surface area contributed by atoms with Gasteiger partial charge in [-0.2, -0.15) is 0 Å². The molecule has 1 aliphatic heterocycles.